The van der Waals surface area contributed by atoms with Crippen LogP contribution in [-0.4, -0.2) is 33.8 Å². The van der Waals surface area contributed by atoms with Crippen molar-refractivity contribution in [3.05, 3.63) is 52.6 Å². The third kappa shape index (κ3) is 5.55. The molecule has 0 aliphatic carbocycles. The molecule has 0 bridgehead atoms. The molecule has 2 N–H and O–H groups in total. The summed E-state index contributed by atoms with van der Waals surface area (Å²) in [6, 6.07) is 10.3. The molecule has 0 heterocycles. The predicted molar refractivity (Wildman–Crippen MR) is 114 cm³/mol. The van der Waals surface area contributed by atoms with Gasteiger partial charge < -0.3 is 24.8 Å². The summed E-state index contributed by atoms with van der Waals surface area (Å²) in [5.41, 5.74) is 4.76. The molecule has 0 saturated carbocycles. The lowest BCUT2D eigenvalue weighted by molar-refractivity contribution is 0.324. The van der Waals surface area contributed by atoms with E-state index in [0.29, 0.717) is 30.3 Å². The highest BCUT2D eigenvalue weighted by molar-refractivity contribution is 5.79. The number of hydrogen-bond donors (Lipinski definition) is 2. The minimum absolute atomic E-state index is 0.485. The SMILES string of the molecule is CCNC(=NCc1cc(OC)c(OC)c(OC)c1)NCc1ccc(C)cc1C. The Morgan fingerprint density at radius 3 is 2.14 bits per heavy atom. The van der Waals surface area contributed by atoms with Gasteiger partial charge in [0.25, 0.3) is 0 Å². The van der Waals surface area contributed by atoms with Crippen LogP contribution in [0.25, 0.3) is 0 Å². The molecule has 2 rings (SSSR count). The van der Waals surface area contributed by atoms with Crippen LogP contribution in [-0.2, 0) is 13.1 Å². The lowest BCUT2D eigenvalue weighted by Crippen LogP contribution is -2.36. The number of nitrogens with one attached hydrogen (secondary N) is 2. The van der Waals surface area contributed by atoms with E-state index in [1.54, 1.807) is 21.3 Å². The van der Waals surface area contributed by atoms with Gasteiger partial charge >= 0.3 is 0 Å². The quantitative estimate of drug-likeness (QED) is 0.537. The average Bonchev–Trinajstić information content (AvgIpc) is 2.70. The standard InChI is InChI=1S/C22H31N3O3/c1-7-23-22(25-14-18-9-8-15(2)10-16(18)3)24-13-17-11-19(26-4)21(28-6)20(12-17)27-5/h8-12H,7,13-14H2,1-6H3,(H2,23,24,25). The Labute approximate surface area is 167 Å². The van der Waals surface area contributed by atoms with Crippen LogP contribution in [0.15, 0.2) is 35.3 Å². The molecule has 0 radical (unpaired) electrons. The Hall–Kier alpha value is -2.89. The molecule has 0 aliphatic heterocycles. The average molecular weight is 386 g/mol. The Morgan fingerprint density at radius 2 is 1.61 bits per heavy atom. The zero-order chi connectivity index (χ0) is 20.5. The number of benzene rings is 2. The van der Waals surface area contributed by atoms with E-state index < -0.39 is 0 Å². The van der Waals surface area contributed by atoms with E-state index >= 15 is 0 Å². The smallest absolute Gasteiger partial charge is 0.203 e. The molecule has 28 heavy (non-hydrogen) atoms. The third-order valence-electron chi connectivity index (χ3n) is 4.43. The van der Waals surface area contributed by atoms with Crippen molar-refractivity contribution >= 4 is 5.96 Å². The van der Waals surface area contributed by atoms with Crippen molar-refractivity contribution in [3.63, 3.8) is 0 Å². The molecule has 0 amide bonds. The van der Waals surface area contributed by atoms with Gasteiger partial charge in [-0.1, -0.05) is 23.8 Å². The lowest BCUT2D eigenvalue weighted by Gasteiger charge is -2.15. The highest BCUT2D eigenvalue weighted by Crippen LogP contribution is 2.38. The first kappa shape index (κ1) is 21.4. The minimum Gasteiger partial charge on any atom is -0.493 e. The van der Waals surface area contributed by atoms with Crippen LogP contribution >= 0.6 is 0 Å². The summed E-state index contributed by atoms with van der Waals surface area (Å²) < 4.78 is 16.2. The van der Waals surface area contributed by atoms with Crippen LogP contribution < -0.4 is 24.8 Å². The molecule has 0 atom stereocenters. The second-order valence-electron chi connectivity index (χ2n) is 6.51. The van der Waals surface area contributed by atoms with Gasteiger partial charge in [0.1, 0.15) is 0 Å². The van der Waals surface area contributed by atoms with Crippen LogP contribution in [0.3, 0.4) is 0 Å². The molecule has 0 spiro atoms. The second kappa shape index (κ2) is 10.4. The number of hydrogen-bond acceptors (Lipinski definition) is 4. The zero-order valence-electron chi connectivity index (χ0n) is 17.7. The number of guanidine groups is 1. The van der Waals surface area contributed by atoms with Gasteiger partial charge in [0.2, 0.25) is 5.75 Å². The van der Waals surface area contributed by atoms with Gasteiger partial charge in [-0.25, -0.2) is 4.99 Å². The summed E-state index contributed by atoms with van der Waals surface area (Å²) >= 11 is 0. The van der Waals surface area contributed by atoms with E-state index in [1.165, 1.54) is 16.7 Å². The van der Waals surface area contributed by atoms with Crippen LogP contribution in [0, 0.1) is 13.8 Å². The number of ether oxygens (including phenoxy) is 3. The molecule has 0 aromatic heterocycles. The van der Waals surface area contributed by atoms with E-state index in [1.807, 2.05) is 19.1 Å². The van der Waals surface area contributed by atoms with Crippen LogP contribution in [0.2, 0.25) is 0 Å². The fourth-order valence-corrected chi connectivity index (χ4v) is 2.96. The van der Waals surface area contributed by atoms with Crippen LogP contribution in [0.4, 0.5) is 0 Å². The Balaban J connectivity index is 2.15. The van der Waals surface area contributed by atoms with Crippen LogP contribution in [0.1, 0.15) is 29.2 Å². The first-order valence-electron chi connectivity index (χ1n) is 9.39. The van der Waals surface area contributed by atoms with E-state index in [0.717, 1.165) is 18.1 Å². The molecule has 0 unspecified atom stereocenters. The number of aliphatic imine (C=N–C) groups is 1. The van der Waals surface area contributed by atoms with Gasteiger partial charge in [-0.2, -0.15) is 0 Å². The maximum Gasteiger partial charge on any atom is 0.203 e. The van der Waals surface area contributed by atoms with Gasteiger partial charge in [0, 0.05) is 13.1 Å². The monoisotopic (exact) mass is 385 g/mol. The maximum absolute atomic E-state index is 5.42. The van der Waals surface area contributed by atoms with Crippen molar-refractivity contribution in [2.24, 2.45) is 4.99 Å². The number of nitrogens with zero attached hydrogens (tertiary/aromatic N) is 1. The van der Waals surface area contributed by atoms with Crippen molar-refractivity contribution in [2.75, 3.05) is 27.9 Å². The molecular weight excluding hydrogens is 354 g/mol. The van der Waals surface area contributed by atoms with Crippen molar-refractivity contribution in [3.8, 4) is 17.2 Å². The zero-order valence-corrected chi connectivity index (χ0v) is 17.7. The third-order valence-corrected chi connectivity index (χ3v) is 4.43. The summed E-state index contributed by atoms with van der Waals surface area (Å²) in [4.78, 5) is 4.69. The topological polar surface area (TPSA) is 64.1 Å². The van der Waals surface area contributed by atoms with Crippen LogP contribution in [0.5, 0.6) is 17.2 Å². The summed E-state index contributed by atoms with van der Waals surface area (Å²) in [5.74, 6) is 2.59. The van der Waals surface area contributed by atoms with Gasteiger partial charge in [-0.15, -0.1) is 0 Å². The lowest BCUT2D eigenvalue weighted by atomic mass is 10.1. The minimum atomic E-state index is 0.485. The van der Waals surface area contributed by atoms with E-state index in [2.05, 4.69) is 42.7 Å². The number of rotatable bonds is 8. The Kier molecular flexibility index (Phi) is 7.99. The summed E-state index contributed by atoms with van der Waals surface area (Å²) in [5, 5.41) is 6.68. The van der Waals surface area contributed by atoms with Gasteiger partial charge in [-0.05, 0) is 49.6 Å². The highest BCUT2D eigenvalue weighted by Gasteiger charge is 2.13. The molecule has 2 aromatic rings. The Morgan fingerprint density at radius 1 is 0.929 bits per heavy atom. The fourth-order valence-electron chi connectivity index (χ4n) is 2.96. The van der Waals surface area contributed by atoms with E-state index in [9.17, 15) is 0 Å². The molecule has 0 aliphatic rings. The molecular formula is C22H31N3O3. The first-order valence-corrected chi connectivity index (χ1v) is 9.39. The predicted octanol–water partition coefficient (Wildman–Crippen LogP) is 3.58. The van der Waals surface area contributed by atoms with Gasteiger partial charge in [0.05, 0.1) is 27.9 Å². The fraction of sp³-hybridized carbons (Fsp3) is 0.409. The van der Waals surface area contributed by atoms with Crippen molar-refractivity contribution in [1.29, 1.82) is 0 Å². The molecule has 0 saturated heterocycles. The Bertz CT molecular complexity index is 794. The maximum atomic E-state index is 5.42. The van der Waals surface area contributed by atoms with E-state index in [-0.39, 0.29) is 0 Å². The number of methoxy groups -OCH3 is 3. The van der Waals surface area contributed by atoms with Crippen molar-refractivity contribution < 1.29 is 14.2 Å². The first-order chi connectivity index (χ1) is 13.5. The normalized spacial score (nSPS) is 11.1. The molecule has 6 nitrogen and oxygen atoms in total. The molecule has 2 aromatic carbocycles. The number of aryl methyl sites for hydroxylation is 2. The summed E-state index contributed by atoms with van der Waals surface area (Å²) in [7, 11) is 4.82. The van der Waals surface area contributed by atoms with Gasteiger partial charge in [0.15, 0.2) is 17.5 Å². The second-order valence-corrected chi connectivity index (χ2v) is 6.51. The molecule has 0 fully saturated rings. The molecule has 6 heteroatoms. The summed E-state index contributed by atoms with van der Waals surface area (Å²) in [6.07, 6.45) is 0. The van der Waals surface area contributed by atoms with Gasteiger partial charge in [-0.3, -0.25) is 0 Å². The highest BCUT2D eigenvalue weighted by atomic mass is 16.5. The van der Waals surface area contributed by atoms with E-state index in [4.69, 9.17) is 19.2 Å². The van der Waals surface area contributed by atoms with Crippen molar-refractivity contribution in [1.82, 2.24) is 10.6 Å². The largest absolute Gasteiger partial charge is 0.493 e. The molecule has 152 valence electrons. The van der Waals surface area contributed by atoms with Crippen molar-refractivity contribution in [2.45, 2.75) is 33.9 Å². The summed E-state index contributed by atoms with van der Waals surface area (Å²) in [6.45, 7) is 8.27.